The predicted molar refractivity (Wildman–Crippen MR) is 128 cm³/mol. The lowest BCUT2D eigenvalue weighted by atomic mass is 10.0. The second-order valence-electron chi connectivity index (χ2n) is 9.57. The molecular formula is C25H38N4O5. The number of carbonyl (C=O) groups excluding carboxylic acids is 3. The first-order chi connectivity index (χ1) is 16.3. The third-order valence-electron chi connectivity index (χ3n) is 6.17. The summed E-state index contributed by atoms with van der Waals surface area (Å²) >= 11 is 0. The number of ether oxygens (including phenoxy) is 1. The summed E-state index contributed by atoms with van der Waals surface area (Å²) in [6.07, 6.45) is 3.08. The SMILES string of the molecule is CC(C)C[C@H](NC(=O)[C@H]1O[C@@H]1C(=O)NCCc1ccc(O)cc1)C(=O)NCCN1CCCCC1. The predicted octanol–water partition coefficient (Wildman–Crippen LogP) is 0.951. The maximum absolute atomic E-state index is 12.7. The zero-order valence-electron chi connectivity index (χ0n) is 20.2. The summed E-state index contributed by atoms with van der Waals surface area (Å²) in [4.78, 5) is 40.0. The number of amides is 3. The van der Waals surface area contributed by atoms with E-state index < -0.39 is 24.2 Å². The van der Waals surface area contributed by atoms with Gasteiger partial charge in [-0.15, -0.1) is 0 Å². The summed E-state index contributed by atoms with van der Waals surface area (Å²) in [5.41, 5.74) is 0.979. The van der Waals surface area contributed by atoms with Crippen LogP contribution in [0.4, 0.5) is 0 Å². The summed E-state index contributed by atoms with van der Waals surface area (Å²) in [7, 11) is 0. The summed E-state index contributed by atoms with van der Waals surface area (Å²) in [6, 6.07) is 6.12. The van der Waals surface area contributed by atoms with Gasteiger partial charge in [0.05, 0.1) is 0 Å². The third-order valence-corrected chi connectivity index (χ3v) is 6.17. The standard InChI is InChI=1S/C25H38N4O5/c1-17(2)16-20(23(31)27-12-15-29-13-4-3-5-14-29)28-25(33)22-21(34-22)24(32)26-11-10-18-6-8-19(30)9-7-18/h6-9,17,20-22,30H,3-5,10-16H2,1-2H3,(H,26,32)(H,27,31)(H,28,33)/t20-,21-,22-/m0/s1. The molecule has 2 aliphatic heterocycles. The van der Waals surface area contributed by atoms with Crippen molar-refractivity contribution in [1.29, 1.82) is 0 Å². The van der Waals surface area contributed by atoms with Gasteiger partial charge in [-0.1, -0.05) is 32.4 Å². The molecule has 188 valence electrons. The van der Waals surface area contributed by atoms with E-state index in [1.807, 2.05) is 13.8 Å². The Kier molecular flexibility index (Phi) is 9.71. The van der Waals surface area contributed by atoms with Crippen LogP contribution in [0.2, 0.25) is 0 Å². The minimum Gasteiger partial charge on any atom is -0.508 e. The summed E-state index contributed by atoms with van der Waals surface area (Å²) in [6.45, 7) is 7.89. The first-order valence-electron chi connectivity index (χ1n) is 12.3. The van der Waals surface area contributed by atoms with Crippen LogP contribution >= 0.6 is 0 Å². The van der Waals surface area contributed by atoms with Crippen LogP contribution in [0.15, 0.2) is 24.3 Å². The molecule has 3 rings (SSSR count). The first kappa shape index (κ1) is 26.0. The summed E-state index contributed by atoms with van der Waals surface area (Å²) in [5, 5.41) is 17.8. The molecule has 2 saturated heterocycles. The number of aromatic hydroxyl groups is 1. The molecule has 9 heteroatoms. The van der Waals surface area contributed by atoms with Gasteiger partial charge in [0.15, 0.2) is 12.2 Å². The topological polar surface area (TPSA) is 123 Å². The number of phenolic OH excluding ortho intramolecular Hbond substituents is 1. The van der Waals surface area contributed by atoms with Crippen LogP contribution in [-0.2, 0) is 25.5 Å². The zero-order valence-corrected chi connectivity index (χ0v) is 20.2. The van der Waals surface area contributed by atoms with Crippen molar-refractivity contribution in [2.45, 2.75) is 64.2 Å². The fourth-order valence-electron chi connectivity index (χ4n) is 4.20. The molecule has 2 heterocycles. The maximum Gasteiger partial charge on any atom is 0.253 e. The molecule has 0 spiro atoms. The van der Waals surface area contributed by atoms with Crippen LogP contribution in [0, 0.1) is 5.92 Å². The normalized spacial score (nSPS) is 21.0. The van der Waals surface area contributed by atoms with Crippen LogP contribution < -0.4 is 16.0 Å². The van der Waals surface area contributed by atoms with E-state index in [0.29, 0.717) is 25.9 Å². The summed E-state index contributed by atoms with van der Waals surface area (Å²) < 4.78 is 5.31. The van der Waals surface area contributed by atoms with Crippen LogP contribution in [0.5, 0.6) is 5.75 Å². The Morgan fingerprint density at radius 1 is 1.00 bits per heavy atom. The number of phenols is 1. The molecular weight excluding hydrogens is 436 g/mol. The second-order valence-corrected chi connectivity index (χ2v) is 9.57. The molecule has 34 heavy (non-hydrogen) atoms. The molecule has 3 amide bonds. The lowest BCUT2D eigenvalue weighted by molar-refractivity contribution is -0.130. The fourth-order valence-corrected chi connectivity index (χ4v) is 4.20. The third kappa shape index (κ3) is 8.29. The van der Waals surface area contributed by atoms with Gasteiger partial charge in [-0.3, -0.25) is 14.4 Å². The van der Waals surface area contributed by atoms with Crippen LogP contribution in [0.25, 0.3) is 0 Å². The van der Waals surface area contributed by atoms with E-state index in [2.05, 4.69) is 20.9 Å². The highest BCUT2D eigenvalue weighted by Gasteiger charge is 2.50. The smallest absolute Gasteiger partial charge is 0.253 e. The minimum absolute atomic E-state index is 0.194. The lowest BCUT2D eigenvalue weighted by Gasteiger charge is -2.27. The Morgan fingerprint density at radius 3 is 2.35 bits per heavy atom. The molecule has 3 atom stereocenters. The van der Waals surface area contributed by atoms with E-state index in [9.17, 15) is 19.5 Å². The highest BCUT2D eigenvalue weighted by molar-refractivity contribution is 5.97. The Balaban J connectivity index is 1.39. The van der Waals surface area contributed by atoms with Crippen molar-refractivity contribution in [2.24, 2.45) is 5.92 Å². The molecule has 0 bridgehead atoms. The van der Waals surface area contributed by atoms with Gasteiger partial charge < -0.3 is 30.7 Å². The number of benzene rings is 1. The minimum atomic E-state index is -0.871. The highest BCUT2D eigenvalue weighted by Crippen LogP contribution is 2.23. The average molecular weight is 475 g/mol. The van der Waals surface area contributed by atoms with Crippen molar-refractivity contribution in [2.75, 3.05) is 32.7 Å². The number of rotatable bonds is 12. The number of likely N-dealkylation sites (tertiary alicyclic amines) is 1. The zero-order chi connectivity index (χ0) is 24.5. The maximum atomic E-state index is 12.7. The van der Waals surface area contributed by atoms with Gasteiger partial charge in [-0.25, -0.2) is 0 Å². The second kappa shape index (κ2) is 12.7. The molecule has 9 nitrogen and oxygen atoms in total. The van der Waals surface area contributed by atoms with Crippen LogP contribution in [0.1, 0.15) is 45.1 Å². The van der Waals surface area contributed by atoms with Gasteiger partial charge in [-0.05, 0) is 62.4 Å². The molecule has 0 aliphatic carbocycles. The van der Waals surface area contributed by atoms with Gasteiger partial charge in [0.25, 0.3) is 11.8 Å². The molecule has 0 unspecified atom stereocenters. The van der Waals surface area contributed by atoms with Crippen molar-refractivity contribution in [3.63, 3.8) is 0 Å². The Morgan fingerprint density at radius 2 is 1.68 bits per heavy atom. The van der Waals surface area contributed by atoms with Crippen LogP contribution in [-0.4, -0.2) is 78.7 Å². The number of nitrogens with zero attached hydrogens (tertiary/aromatic N) is 1. The van der Waals surface area contributed by atoms with Gasteiger partial charge >= 0.3 is 0 Å². The lowest BCUT2D eigenvalue weighted by Crippen LogP contribution is -2.50. The van der Waals surface area contributed by atoms with Gasteiger partial charge in [0.2, 0.25) is 5.91 Å². The first-order valence-corrected chi connectivity index (χ1v) is 12.3. The van der Waals surface area contributed by atoms with Crippen LogP contribution in [0.3, 0.4) is 0 Å². The molecule has 0 radical (unpaired) electrons. The van der Waals surface area contributed by atoms with E-state index in [1.54, 1.807) is 24.3 Å². The Hall–Kier alpha value is -2.65. The molecule has 2 aliphatic rings. The van der Waals surface area contributed by atoms with Crippen molar-refractivity contribution >= 4 is 17.7 Å². The number of carbonyl (C=O) groups is 3. The number of epoxide rings is 1. The van der Waals surface area contributed by atoms with E-state index >= 15 is 0 Å². The number of nitrogens with one attached hydrogen (secondary N) is 3. The molecule has 1 aromatic carbocycles. The fraction of sp³-hybridized carbons (Fsp3) is 0.640. The van der Waals surface area contributed by atoms with Gasteiger partial charge in [0.1, 0.15) is 11.8 Å². The Labute approximate surface area is 201 Å². The van der Waals surface area contributed by atoms with E-state index in [0.717, 1.165) is 25.2 Å². The average Bonchev–Trinajstić information content (AvgIpc) is 3.61. The van der Waals surface area contributed by atoms with E-state index in [4.69, 9.17) is 4.74 Å². The molecule has 2 fully saturated rings. The van der Waals surface area contributed by atoms with Crippen molar-refractivity contribution in [3.05, 3.63) is 29.8 Å². The van der Waals surface area contributed by atoms with E-state index in [1.165, 1.54) is 19.3 Å². The number of hydrogen-bond acceptors (Lipinski definition) is 6. The van der Waals surface area contributed by atoms with Crippen molar-refractivity contribution in [1.82, 2.24) is 20.9 Å². The molecule has 1 aromatic rings. The van der Waals surface area contributed by atoms with Gasteiger partial charge in [0, 0.05) is 19.6 Å². The molecule has 0 saturated carbocycles. The van der Waals surface area contributed by atoms with Crippen molar-refractivity contribution in [3.8, 4) is 5.75 Å². The molecule has 4 N–H and O–H groups in total. The van der Waals surface area contributed by atoms with Crippen molar-refractivity contribution < 1.29 is 24.2 Å². The van der Waals surface area contributed by atoms with Gasteiger partial charge in [-0.2, -0.15) is 0 Å². The number of hydrogen-bond donors (Lipinski definition) is 4. The monoisotopic (exact) mass is 474 g/mol. The molecule has 0 aromatic heterocycles. The summed E-state index contributed by atoms with van der Waals surface area (Å²) in [5.74, 6) is -0.563. The highest BCUT2D eigenvalue weighted by atomic mass is 16.6. The largest absolute Gasteiger partial charge is 0.508 e. The number of piperidine rings is 1. The quantitative estimate of drug-likeness (QED) is 0.335. The Bertz CT molecular complexity index is 823. The van der Waals surface area contributed by atoms with E-state index in [-0.39, 0.29) is 23.5 Å².